The van der Waals surface area contributed by atoms with Crippen LogP contribution in [0, 0.1) is 0 Å². The van der Waals surface area contributed by atoms with Crippen LogP contribution in [-0.2, 0) is 10.9 Å². The van der Waals surface area contributed by atoms with Crippen LogP contribution in [0.5, 0.6) is 0 Å². The number of rotatable bonds is 6. The van der Waals surface area contributed by atoms with Gasteiger partial charge in [-0.1, -0.05) is 12.1 Å². The van der Waals surface area contributed by atoms with E-state index in [0.717, 1.165) is 17.5 Å². The van der Waals surface area contributed by atoms with Crippen LogP contribution in [0.3, 0.4) is 0 Å². The number of carbonyl (C=O) groups is 1. The van der Waals surface area contributed by atoms with Crippen molar-refractivity contribution in [2.75, 3.05) is 32.8 Å². The molecular formula is C23H26F3N5O2. The smallest absolute Gasteiger partial charge is 0.379 e. The highest BCUT2D eigenvalue weighted by Gasteiger charge is 2.31. The zero-order valence-corrected chi connectivity index (χ0v) is 18.5. The second kappa shape index (κ2) is 9.48. The fourth-order valence-corrected chi connectivity index (χ4v) is 3.97. The zero-order chi connectivity index (χ0) is 23.6. The van der Waals surface area contributed by atoms with Gasteiger partial charge in [0.2, 0.25) is 0 Å². The Morgan fingerprint density at radius 1 is 1.15 bits per heavy atom. The summed E-state index contributed by atoms with van der Waals surface area (Å²) in [4.78, 5) is 19.4. The summed E-state index contributed by atoms with van der Waals surface area (Å²) in [6.45, 7) is 6.57. The maximum Gasteiger partial charge on any atom is 0.416 e. The molecule has 0 saturated carbocycles. The third-order valence-electron chi connectivity index (χ3n) is 5.75. The van der Waals surface area contributed by atoms with E-state index in [4.69, 9.17) is 4.74 Å². The molecular weight excluding hydrogens is 435 g/mol. The average Bonchev–Trinajstić information content (AvgIpc) is 3.23. The van der Waals surface area contributed by atoms with Crippen LogP contribution in [0.4, 0.5) is 13.2 Å². The number of nitrogens with zero attached hydrogens (tertiary/aromatic N) is 4. The SMILES string of the molecule is CC(C)n1ncc2cc(C(=O)NCC(c3ccc(C(F)(F)F)cc3)N3CCOCC3)cnc21. The fraction of sp³-hybridized carbons (Fsp3) is 0.435. The van der Waals surface area contributed by atoms with Gasteiger partial charge in [-0.15, -0.1) is 0 Å². The quantitative estimate of drug-likeness (QED) is 0.604. The van der Waals surface area contributed by atoms with E-state index in [1.165, 1.54) is 18.3 Å². The van der Waals surface area contributed by atoms with E-state index >= 15 is 0 Å². The van der Waals surface area contributed by atoms with E-state index in [1.54, 1.807) is 16.9 Å². The van der Waals surface area contributed by atoms with Gasteiger partial charge in [0.05, 0.1) is 36.6 Å². The molecule has 176 valence electrons. The van der Waals surface area contributed by atoms with E-state index in [2.05, 4.69) is 20.3 Å². The number of carbonyl (C=O) groups excluding carboxylic acids is 1. The molecule has 2 aromatic heterocycles. The van der Waals surface area contributed by atoms with E-state index in [0.29, 0.717) is 43.1 Å². The molecule has 0 bridgehead atoms. The molecule has 33 heavy (non-hydrogen) atoms. The number of ether oxygens (including phenoxy) is 1. The van der Waals surface area contributed by atoms with Gasteiger partial charge in [0.1, 0.15) is 0 Å². The topological polar surface area (TPSA) is 72.3 Å². The highest BCUT2D eigenvalue weighted by atomic mass is 19.4. The highest BCUT2D eigenvalue weighted by molar-refractivity contribution is 5.96. The number of fused-ring (bicyclic) bond motifs is 1. The van der Waals surface area contributed by atoms with E-state index in [1.807, 2.05) is 13.8 Å². The van der Waals surface area contributed by atoms with Crippen LogP contribution in [0.1, 0.15) is 47.4 Å². The van der Waals surface area contributed by atoms with Gasteiger partial charge in [-0.25, -0.2) is 9.67 Å². The number of alkyl halides is 3. The molecule has 0 radical (unpaired) electrons. The molecule has 1 aliphatic heterocycles. The number of amides is 1. The van der Waals surface area contributed by atoms with Gasteiger partial charge in [-0.05, 0) is 37.6 Å². The van der Waals surface area contributed by atoms with Gasteiger partial charge in [0.15, 0.2) is 5.65 Å². The predicted molar refractivity (Wildman–Crippen MR) is 117 cm³/mol. The summed E-state index contributed by atoms with van der Waals surface area (Å²) in [5.41, 5.74) is 1.12. The van der Waals surface area contributed by atoms with Gasteiger partial charge in [0, 0.05) is 37.3 Å². The van der Waals surface area contributed by atoms with Crippen LogP contribution in [-0.4, -0.2) is 58.4 Å². The highest BCUT2D eigenvalue weighted by Crippen LogP contribution is 2.31. The Kier molecular flexibility index (Phi) is 6.66. The lowest BCUT2D eigenvalue weighted by atomic mass is 10.0. The van der Waals surface area contributed by atoms with Crippen LogP contribution in [0.25, 0.3) is 11.0 Å². The average molecular weight is 461 g/mol. The number of hydrogen-bond acceptors (Lipinski definition) is 5. The summed E-state index contributed by atoms with van der Waals surface area (Å²) in [6.07, 6.45) is -1.20. The Balaban J connectivity index is 1.51. The molecule has 1 unspecified atom stereocenters. The predicted octanol–water partition coefficient (Wildman–Crippen LogP) is 3.83. The fourth-order valence-electron chi connectivity index (χ4n) is 3.97. The number of aromatic nitrogens is 3. The number of nitrogens with one attached hydrogen (secondary N) is 1. The Labute approximate surface area is 189 Å². The first-order chi connectivity index (χ1) is 15.7. The first-order valence-corrected chi connectivity index (χ1v) is 10.8. The largest absolute Gasteiger partial charge is 0.416 e. The van der Waals surface area contributed by atoms with Gasteiger partial charge < -0.3 is 10.1 Å². The lowest BCUT2D eigenvalue weighted by Crippen LogP contribution is -2.43. The number of halogens is 3. The Morgan fingerprint density at radius 2 is 1.85 bits per heavy atom. The maximum absolute atomic E-state index is 13.0. The normalized spacial score (nSPS) is 16.3. The third kappa shape index (κ3) is 5.17. The number of hydrogen-bond donors (Lipinski definition) is 1. The molecule has 1 aromatic carbocycles. The zero-order valence-electron chi connectivity index (χ0n) is 18.5. The molecule has 3 aromatic rings. The second-order valence-corrected chi connectivity index (χ2v) is 8.31. The van der Waals surface area contributed by atoms with Crippen molar-refractivity contribution in [1.29, 1.82) is 0 Å². The monoisotopic (exact) mass is 461 g/mol. The summed E-state index contributed by atoms with van der Waals surface area (Å²) in [5, 5.41) is 8.01. The minimum atomic E-state index is -4.39. The maximum atomic E-state index is 13.0. The van der Waals surface area contributed by atoms with Crippen molar-refractivity contribution in [3.05, 3.63) is 59.4 Å². The van der Waals surface area contributed by atoms with Gasteiger partial charge in [-0.2, -0.15) is 18.3 Å². The van der Waals surface area contributed by atoms with Crippen LogP contribution in [0.2, 0.25) is 0 Å². The molecule has 3 heterocycles. The molecule has 10 heteroatoms. The van der Waals surface area contributed by atoms with Crippen molar-refractivity contribution in [3.8, 4) is 0 Å². The second-order valence-electron chi connectivity index (χ2n) is 8.31. The number of benzene rings is 1. The van der Waals surface area contributed by atoms with Crippen molar-refractivity contribution < 1.29 is 22.7 Å². The molecule has 1 fully saturated rings. The van der Waals surface area contributed by atoms with Crippen molar-refractivity contribution in [3.63, 3.8) is 0 Å². The van der Waals surface area contributed by atoms with Gasteiger partial charge in [0.25, 0.3) is 5.91 Å². The van der Waals surface area contributed by atoms with E-state index in [9.17, 15) is 18.0 Å². The lowest BCUT2D eigenvalue weighted by Gasteiger charge is -2.35. The van der Waals surface area contributed by atoms with Crippen LogP contribution in [0.15, 0.2) is 42.7 Å². The van der Waals surface area contributed by atoms with Crippen molar-refractivity contribution in [1.82, 2.24) is 25.0 Å². The van der Waals surface area contributed by atoms with Crippen molar-refractivity contribution in [2.45, 2.75) is 32.1 Å². The summed E-state index contributed by atoms with van der Waals surface area (Å²) in [5.74, 6) is -0.299. The third-order valence-corrected chi connectivity index (χ3v) is 5.75. The van der Waals surface area contributed by atoms with Gasteiger partial charge in [-0.3, -0.25) is 9.69 Å². The summed E-state index contributed by atoms with van der Waals surface area (Å²) in [6, 6.07) is 6.72. The van der Waals surface area contributed by atoms with Crippen molar-refractivity contribution >= 4 is 16.9 Å². The first kappa shape index (κ1) is 23.2. The molecule has 1 amide bonds. The molecule has 1 saturated heterocycles. The number of pyridine rings is 1. The van der Waals surface area contributed by atoms with Crippen LogP contribution < -0.4 is 5.32 Å². The summed E-state index contributed by atoms with van der Waals surface area (Å²) >= 11 is 0. The molecule has 4 rings (SSSR count). The van der Waals surface area contributed by atoms with E-state index in [-0.39, 0.29) is 24.5 Å². The van der Waals surface area contributed by atoms with Gasteiger partial charge >= 0.3 is 6.18 Å². The Bertz CT molecular complexity index is 1110. The number of morpholine rings is 1. The molecule has 1 atom stereocenters. The summed E-state index contributed by atoms with van der Waals surface area (Å²) in [7, 11) is 0. The molecule has 1 aliphatic rings. The van der Waals surface area contributed by atoms with Crippen molar-refractivity contribution in [2.24, 2.45) is 0 Å². The molecule has 1 N–H and O–H groups in total. The molecule has 0 aliphatic carbocycles. The summed E-state index contributed by atoms with van der Waals surface area (Å²) < 4.78 is 46.1. The Hall–Kier alpha value is -2.98. The van der Waals surface area contributed by atoms with E-state index < -0.39 is 11.7 Å². The van der Waals surface area contributed by atoms with Crippen LogP contribution >= 0.6 is 0 Å². The minimum absolute atomic E-state index is 0.146. The molecule has 7 nitrogen and oxygen atoms in total. The Morgan fingerprint density at radius 3 is 2.48 bits per heavy atom. The standard InChI is InChI=1S/C23H26F3N5O2/c1-15(2)31-21-17(13-29-31)11-18(12-27-21)22(32)28-14-20(30-7-9-33-10-8-30)16-3-5-19(6-4-16)23(24,25)26/h3-6,11-13,15,20H,7-10,14H2,1-2H3,(H,28,32). The lowest BCUT2D eigenvalue weighted by molar-refractivity contribution is -0.137. The minimum Gasteiger partial charge on any atom is -0.379 e. The first-order valence-electron chi connectivity index (χ1n) is 10.8. The molecule has 0 spiro atoms.